The van der Waals surface area contributed by atoms with E-state index in [9.17, 15) is 0 Å². The normalized spacial score (nSPS) is 11.5. The van der Waals surface area contributed by atoms with Crippen LogP contribution in [0.1, 0.15) is 19.4 Å². The number of nitrogens with two attached hydrogens (primary N) is 1. The molecular weight excluding hydrogens is 190 g/mol. The quantitative estimate of drug-likeness (QED) is 0.753. The molecular formula is C12H19NO2. The zero-order valence-electron chi connectivity index (χ0n) is 9.62. The van der Waals surface area contributed by atoms with Crippen LogP contribution in [0, 0.1) is 0 Å². The van der Waals surface area contributed by atoms with Crippen molar-refractivity contribution in [3.05, 3.63) is 29.8 Å². The van der Waals surface area contributed by atoms with Crippen molar-refractivity contribution in [3.63, 3.8) is 0 Å². The molecule has 3 nitrogen and oxygen atoms in total. The van der Waals surface area contributed by atoms with Crippen molar-refractivity contribution >= 4 is 0 Å². The zero-order chi connectivity index (χ0) is 11.3. The van der Waals surface area contributed by atoms with Crippen molar-refractivity contribution in [1.82, 2.24) is 0 Å². The van der Waals surface area contributed by atoms with Gasteiger partial charge in [0, 0.05) is 12.6 Å². The average Bonchev–Trinajstić information content (AvgIpc) is 2.18. The Labute approximate surface area is 91.2 Å². The fourth-order valence-corrected chi connectivity index (χ4v) is 1.22. The second-order valence-electron chi connectivity index (χ2n) is 4.09. The van der Waals surface area contributed by atoms with Crippen LogP contribution in [-0.2, 0) is 10.3 Å². The van der Waals surface area contributed by atoms with Crippen LogP contribution >= 0.6 is 0 Å². The van der Waals surface area contributed by atoms with Crippen molar-refractivity contribution < 1.29 is 9.47 Å². The maximum absolute atomic E-state index is 5.97. The van der Waals surface area contributed by atoms with Gasteiger partial charge in [-0.25, -0.2) is 0 Å². The Morgan fingerprint density at radius 1 is 1.13 bits per heavy atom. The molecule has 1 aromatic rings. The molecule has 0 saturated heterocycles. The first-order chi connectivity index (χ1) is 7.04. The summed E-state index contributed by atoms with van der Waals surface area (Å²) in [6.45, 7) is 5.13. The van der Waals surface area contributed by atoms with Gasteiger partial charge in [0.2, 0.25) is 0 Å². The molecule has 0 aliphatic rings. The van der Waals surface area contributed by atoms with Crippen molar-refractivity contribution in [2.75, 3.05) is 20.3 Å². The molecule has 0 fully saturated rings. The SMILES string of the molecule is COCCOc1ccc(C(C)(C)N)cc1. The highest BCUT2D eigenvalue weighted by Gasteiger charge is 2.13. The standard InChI is InChI=1S/C12H19NO2/c1-12(2,13)10-4-6-11(7-5-10)15-9-8-14-3/h4-7H,8-9,13H2,1-3H3. The van der Waals surface area contributed by atoms with Crippen LogP contribution in [0.4, 0.5) is 0 Å². The third kappa shape index (κ3) is 3.90. The summed E-state index contributed by atoms with van der Waals surface area (Å²) in [5.74, 6) is 0.847. The zero-order valence-corrected chi connectivity index (χ0v) is 9.62. The molecule has 2 N–H and O–H groups in total. The minimum atomic E-state index is -0.301. The van der Waals surface area contributed by atoms with E-state index in [-0.39, 0.29) is 5.54 Å². The Balaban J connectivity index is 2.57. The predicted molar refractivity (Wildman–Crippen MR) is 61.0 cm³/mol. The van der Waals surface area contributed by atoms with Crippen molar-refractivity contribution in [3.8, 4) is 5.75 Å². The summed E-state index contributed by atoms with van der Waals surface area (Å²) in [4.78, 5) is 0. The summed E-state index contributed by atoms with van der Waals surface area (Å²) in [5.41, 5.74) is 6.77. The maximum atomic E-state index is 5.97. The lowest BCUT2D eigenvalue weighted by atomic mass is 9.96. The van der Waals surface area contributed by atoms with Gasteiger partial charge in [-0.15, -0.1) is 0 Å². The lowest BCUT2D eigenvalue weighted by Gasteiger charge is -2.19. The Bertz CT molecular complexity index is 287. The highest BCUT2D eigenvalue weighted by molar-refractivity contribution is 5.30. The first-order valence-electron chi connectivity index (χ1n) is 5.05. The molecule has 0 bridgehead atoms. The first-order valence-corrected chi connectivity index (χ1v) is 5.05. The molecule has 1 aromatic carbocycles. The molecule has 0 unspecified atom stereocenters. The minimum Gasteiger partial charge on any atom is -0.491 e. The van der Waals surface area contributed by atoms with Crippen LogP contribution in [0.3, 0.4) is 0 Å². The van der Waals surface area contributed by atoms with Gasteiger partial charge >= 0.3 is 0 Å². The van der Waals surface area contributed by atoms with Crippen LogP contribution in [0.15, 0.2) is 24.3 Å². The highest BCUT2D eigenvalue weighted by Crippen LogP contribution is 2.20. The number of benzene rings is 1. The van der Waals surface area contributed by atoms with Crippen LogP contribution in [-0.4, -0.2) is 20.3 Å². The molecule has 0 amide bonds. The molecule has 15 heavy (non-hydrogen) atoms. The summed E-state index contributed by atoms with van der Waals surface area (Å²) in [6.07, 6.45) is 0. The maximum Gasteiger partial charge on any atom is 0.119 e. The third-order valence-corrected chi connectivity index (χ3v) is 2.15. The minimum absolute atomic E-state index is 0.301. The number of hydrogen-bond donors (Lipinski definition) is 1. The Kier molecular flexibility index (Phi) is 4.12. The topological polar surface area (TPSA) is 44.5 Å². The monoisotopic (exact) mass is 209 g/mol. The van der Waals surface area contributed by atoms with E-state index >= 15 is 0 Å². The van der Waals surface area contributed by atoms with E-state index in [4.69, 9.17) is 15.2 Å². The molecule has 0 atom stereocenters. The van der Waals surface area contributed by atoms with E-state index < -0.39 is 0 Å². The van der Waals surface area contributed by atoms with Gasteiger partial charge in [0.25, 0.3) is 0 Å². The summed E-state index contributed by atoms with van der Waals surface area (Å²) in [5, 5.41) is 0. The Morgan fingerprint density at radius 3 is 2.20 bits per heavy atom. The van der Waals surface area contributed by atoms with Crippen LogP contribution in [0.2, 0.25) is 0 Å². The highest BCUT2D eigenvalue weighted by atomic mass is 16.5. The van der Waals surface area contributed by atoms with E-state index in [0.717, 1.165) is 11.3 Å². The molecule has 84 valence electrons. The third-order valence-electron chi connectivity index (χ3n) is 2.15. The van der Waals surface area contributed by atoms with Crippen LogP contribution in [0.5, 0.6) is 5.75 Å². The van der Waals surface area contributed by atoms with Gasteiger partial charge in [0.05, 0.1) is 6.61 Å². The van der Waals surface area contributed by atoms with Gasteiger partial charge in [-0.05, 0) is 31.5 Å². The predicted octanol–water partition coefficient (Wildman–Crippen LogP) is 1.91. The molecule has 0 spiro atoms. The molecule has 0 heterocycles. The summed E-state index contributed by atoms with van der Waals surface area (Å²) in [7, 11) is 1.66. The fraction of sp³-hybridized carbons (Fsp3) is 0.500. The fourth-order valence-electron chi connectivity index (χ4n) is 1.22. The number of rotatable bonds is 5. The lowest BCUT2D eigenvalue weighted by Crippen LogP contribution is -2.28. The Morgan fingerprint density at radius 2 is 1.73 bits per heavy atom. The summed E-state index contributed by atoms with van der Waals surface area (Å²) < 4.78 is 10.3. The summed E-state index contributed by atoms with van der Waals surface area (Å²) in [6, 6.07) is 7.84. The molecule has 0 aliphatic heterocycles. The molecule has 0 aromatic heterocycles. The molecule has 0 saturated carbocycles. The average molecular weight is 209 g/mol. The van der Waals surface area contributed by atoms with Crippen molar-refractivity contribution in [1.29, 1.82) is 0 Å². The van der Waals surface area contributed by atoms with Gasteiger partial charge in [-0.3, -0.25) is 0 Å². The van der Waals surface area contributed by atoms with Gasteiger partial charge in [0.15, 0.2) is 0 Å². The number of ether oxygens (including phenoxy) is 2. The van der Waals surface area contributed by atoms with Gasteiger partial charge in [-0.2, -0.15) is 0 Å². The number of methoxy groups -OCH3 is 1. The molecule has 1 rings (SSSR count). The second kappa shape index (κ2) is 5.14. The molecule has 0 aliphatic carbocycles. The molecule has 3 heteroatoms. The van der Waals surface area contributed by atoms with E-state index in [2.05, 4.69) is 0 Å². The van der Waals surface area contributed by atoms with E-state index in [0.29, 0.717) is 13.2 Å². The van der Waals surface area contributed by atoms with E-state index in [1.54, 1.807) is 7.11 Å². The second-order valence-corrected chi connectivity index (χ2v) is 4.09. The van der Waals surface area contributed by atoms with Crippen LogP contribution in [0.25, 0.3) is 0 Å². The van der Waals surface area contributed by atoms with Crippen molar-refractivity contribution in [2.45, 2.75) is 19.4 Å². The van der Waals surface area contributed by atoms with E-state index in [1.807, 2.05) is 38.1 Å². The number of hydrogen-bond acceptors (Lipinski definition) is 3. The van der Waals surface area contributed by atoms with Crippen molar-refractivity contribution in [2.24, 2.45) is 5.73 Å². The van der Waals surface area contributed by atoms with Gasteiger partial charge in [0.1, 0.15) is 12.4 Å². The molecule has 0 radical (unpaired) electrons. The smallest absolute Gasteiger partial charge is 0.119 e. The van der Waals surface area contributed by atoms with Crippen LogP contribution < -0.4 is 10.5 Å². The Hall–Kier alpha value is -1.06. The summed E-state index contributed by atoms with van der Waals surface area (Å²) >= 11 is 0. The van der Waals surface area contributed by atoms with E-state index in [1.165, 1.54) is 0 Å². The first kappa shape index (κ1) is 12.0. The lowest BCUT2D eigenvalue weighted by molar-refractivity contribution is 0.146. The van der Waals surface area contributed by atoms with Gasteiger partial charge in [-0.1, -0.05) is 12.1 Å². The van der Waals surface area contributed by atoms with Gasteiger partial charge < -0.3 is 15.2 Å². The largest absolute Gasteiger partial charge is 0.491 e.